The SMILES string of the molecule is CCc1ccc(C(CS)NC)cc1. The Morgan fingerprint density at radius 3 is 2.31 bits per heavy atom. The van der Waals surface area contributed by atoms with E-state index in [1.807, 2.05) is 7.05 Å². The molecule has 0 amide bonds. The van der Waals surface area contributed by atoms with Crippen molar-refractivity contribution in [2.75, 3.05) is 12.8 Å². The van der Waals surface area contributed by atoms with Gasteiger partial charge in [0, 0.05) is 11.8 Å². The van der Waals surface area contributed by atoms with E-state index < -0.39 is 0 Å². The largest absolute Gasteiger partial charge is 0.312 e. The van der Waals surface area contributed by atoms with Gasteiger partial charge in [-0.3, -0.25) is 0 Å². The van der Waals surface area contributed by atoms with Crippen LogP contribution in [-0.4, -0.2) is 12.8 Å². The van der Waals surface area contributed by atoms with E-state index in [0.717, 1.165) is 12.2 Å². The van der Waals surface area contributed by atoms with Crippen molar-refractivity contribution in [1.82, 2.24) is 5.32 Å². The summed E-state index contributed by atoms with van der Waals surface area (Å²) in [5.41, 5.74) is 2.70. The molecule has 0 aliphatic heterocycles. The maximum Gasteiger partial charge on any atom is 0.0406 e. The highest BCUT2D eigenvalue weighted by molar-refractivity contribution is 7.80. The topological polar surface area (TPSA) is 12.0 Å². The lowest BCUT2D eigenvalue weighted by Crippen LogP contribution is -2.17. The molecular formula is C11H17NS. The Morgan fingerprint density at radius 2 is 1.92 bits per heavy atom. The minimum absolute atomic E-state index is 0.370. The molecule has 0 aliphatic rings. The lowest BCUT2D eigenvalue weighted by atomic mass is 10.1. The van der Waals surface area contributed by atoms with Crippen molar-refractivity contribution < 1.29 is 0 Å². The Kier molecular flexibility index (Phi) is 4.33. The highest BCUT2D eigenvalue weighted by Gasteiger charge is 2.05. The summed E-state index contributed by atoms with van der Waals surface area (Å²) in [4.78, 5) is 0. The van der Waals surface area contributed by atoms with E-state index in [0.29, 0.717) is 6.04 Å². The molecule has 0 fully saturated rings. The molecule has 1 nitrogen and oxygen atoms in total. The number of thiol groups is 1. The first-order chi connectivity index (χ1) is 6.31. The summed E-state index contributed by atoms with van der Waals surface area (Å²) in [5.74, 6) is 0.835. The normalized spacial score (nSPS) is 12.8. The molecule has 1 N–H and O–H groups in total. The van der Waals surface area contributed by atoms with Gasteiger partial charge in [0.05, 0.1) is 0 Å². The first kappa shape index (κ1) is 10.6. The van der Waals surface area contributed by atoms with Crippen LogP contribution >= 0.6 is 12.6 Å². The fraction of sp³-hybridized carbons (Fsp3) is 0.455. The number of benzene rings is 1. The lowest BCUT2D eigenvalue weighted by molar-refractivity contribution is 0.663. The third-order valence-corrected chi connectivity index (χ3v) is 2.69. The van der Waals surface area contributed by atoms with Crippen LogP contribution in [0.4, 0.5) is 0 Å². The monoisotopic (exact) mass is 195 g/mol. The molecule has 0 aliphatic carbocycles. The van der Waals surface area contributed by atoms with Gasteiger partial charge in [-0.1, -0.05) is 31.2 Å². The molecule has 0 heterocycles. The fourth-order valence-electron chi connectivity index (χ4n) is 1.35. The minimum atomic E-state index is 0.370. The summed E-state index contributed by atoms with van der Waals surface area (Å²) < 4.78 is 0. The highest BCUT2D eigenvalue weighted by atomic mass is 32.1. The van der Waals surface area contributed by atoms with Crippen molar-refractivity contribution in [3.05, 3.63) is 35.4 Å². The van der Waals surface area contributed by atoms with Crippen LogP contribution in [0.1, 0.15) is 24.1 Å². The van der Waals surface area contributed by atoms with E-state index in [2.05, 4.69) is 49.1 Å². The van der Waals surface area contributed by atoms with Crippen LogP contribution in [0.25, 0.3) is 0 Å². The summed E-state index contributed by atoms with van der Waals surface area (Å²) in [6.07, 6.45) is 1.10. The molecular weight excluding hydrogens is 178 g/mol. The van der Waals surface area contributed by atoms with Crippen molar-refractivity contribution in [2.24, 2.45) is 0 Å². The summed E-state index contributed by atoms with van der Waals surface area (Å²) in [7, 11) is 1.97. The lowest BCUT2D eigenvalue weighted by Gasteiger charge is -2.13. The van der Waals surface area contributed by atoms with Crippen LogP contribution in [0.2, 0.25) is 0 Å². The van der Waals surface area contributed by atoms with E-state index in [1.165, 1.54) is 11.1 Å². The molecule has 1 rings (SSSR count). The molecule has 0 radical (unpaired) electrons. The number of hydrogen-bond donors (Lipinski definition) is 2. The summed E-state index contributed by atoms with van der Waals surface area (Å²) in [6.45, 7) is 2.17. The maximum atomic E-state index is 4.29. The second-order valence-corrected chi connectivity index (χ2v) is 3.48. The smallest absolute Gasteiger partial charge is 0.0406 e. The number of hydrogen-bond acceptors (Lipinski definition) is 2. The molecule has 0 aromatic heterocycles. The summed E-state index contributed by atoms with van der Waals surface area (Å²) >= 11 is 4.29. The van der Waals surface area contributed by atoms with Crippen LogP contribution < -0.4 is 5.32 Å². The van der Waals surface area contributed by atoms with Crippen LogP contribution in [0.5, 0.6) is 0 Å². The Balaban J connectivity index is 2.78. The van der Waals surface area contributed by atoms with E-state index in [4.69, 9.17) is 0 Å². The van der Waals surface area contributed by atoms with E-state index in [-0.39, 0.29) is 0 Å². The molecule has 72 valence electrons. The zero-order chi connectivity index (χ0) is 9.68. The van der Waals surface area contributed by atoms with E-state index >= 15 is 0 Å². The average Bonchev–Trinajstić information content (AvgIpc) is 2.21. The molecule has 13 heavy (non-hydrogen) atoms. The Labute approximate surface area is 86.0 Å². The first-order valence-electron chi connectivity index (χ1n) is 4.68. The van der Waals surface area contributed by atoms with Gasteiger partial charge in [0.2, 0.25) is 0 Å². The molecule has 2 heteroatoms. The number of nitrogens with one attached hydrogen (secondary N) is 1. The van der Waals surface area contributed by atoms with Crippen LogP contribution in [0.15, 0.2) is 24.3 Å². The van der Waals surface area contributed by atoms with Gasteiger partial charge >= 0.3 is 0 Å². The van der Waals surface area contributed by atoms with Crippen molar-refractivity contribution in [2.45, 2.75) is 19.4 Å². The van der Waals surface area contributed by atoms with Crippen molar-refractivity contribution in [1.29, 1.82) is 0 Å². The van der Waals surface area contributed by atoms with Crippen LogP contribution in [0.3, 0.4) is 0 Å². The van der Waals surface area contributed by atoms with Gasteiger partial charge in [0.15, 0.2) is 0 Å². The standard InChI is InChI=1S/C11H17NS/c1-3-9-4-6-10(7-5-9)11(8-13)12-2/h4-7,11-13H,3,8H2,1-2H3. The van der Waals surface area contributed by atoms with Crippen molar-refractivity contribution in [3.63, 3.8) is 0 Å². The second-order valence-electron chi connectivity index (χ2n) is 3.12. The van der Waals surface area contributed by atoms with Crippen molar-refractivity contribution in [3.8, 4) is 0 Å². The molecule has 1 aromatic carbocycles. The van der Waals surface area contributed by atoms with Gasteiger partial charge in [-0.05, 0) is 24.6 Å². The quantitative estimate of drug-likeness (QED) is 0.703. The Bertz CT molecular complexity index is 239. The zero-order valence-electron chi connectivity index (χ0n) is 8.25. The van der Waals surface area contributed by atoms with Crippen molar-refractivity contribution >= 4 is 12.6 Å². The summed E-state index contributed by atoms with van der Waals surface area (Å²) in [6, 6.07) is 9.09. The molecule has 1 aromatic rings. The van der Waals surface area contributed by atoms with Gasteiger partial charge in [0.25, 0.3) is 0 Å². The molecule has 0 spiro atoms. The maximum absolute atomic E-state index is 4.29. The minimum Gasteiger partial charge on any atom is -0.312 e. The fourth-order valence-corrected chi connectivity index (χ4v) is 1.74. The second kappa shape index (κ2) is 5.30. The van der Waals surface area contributed by atoms with Gasteiger partial charge in [-0.2, -0.15) is 12.6 Å². The van der Waals surface area contributed by atoms with Gasteiger partial charge < -0.3 is 5.32 Å². The Morgan fingerprint density at radius 1 is 1.31 bits per heavy atom. The van der Waals surface area contributed by atoms with Gasteiger partial charge in [-0.25, -0.2) is 0 Å². The van der Waals surface area contributed by atoms with Gasteiger partial charge in [0.1, 0.15) is 0 Å². The zero-order valence-corrected chi connectivity index (χ0v) is 9.14. The predicted octanol–water partition coefficient (Wildman–Crippen LogP) is 2.44. The third-order valence-electron chi connectivity index (χ3n) is 2.32. The molecule has 0 saturated heterocycles. The van der Waals surface area contributed by atoms with Crippen LogP contribution in [0, 0.1) is 0 Å². The molecule has 0 saturated carbocycles. The third kappa shape index (κ3) is 2.75. The number of aryl methyl sites for hydroxylation is 1. The number of rotatable bonds is 4. The first-order valence-corrected chi connectivity index (χ1v) is 5.32. The van der Waals surface area contributed by atoms with E-state index in [9.17, 15) is 0 Å². The van der Waals surface area contributed by atoms with Gasteiger partial charge in [-0.15, -0.1) is 0 Å². The van der Waals surface area contributed by atoms with Crippen LogP contribution in [-0.2, 0) is 6.42 Å². The summed E-state index contributed by atoms with van der Waals surface area (Å²) in [5, 5.41) is 3.23. The van der Waals surface area contributed by atoms with E-state index in [1.54, 1.807) is 0 Å². The average molecular weight is 195 g/mol. The predicted molar refractivity (Wildman–Crippen MR) is 61.5 cm³/mol. The molecule has 1 atom stereocenters. The molecule has 1 unspecified atom stereocenters. The molecule has 0 bridgehead atoms. The highest BCUT2D eigenvalue weighted by Crippen LogP contribution is 2.14. The Hall–Kier alpha value is -0.470.